The van der Waals surface area contributed by atoms with Crippen LogP contribution in [-0.4, -0.2) is 35.6 Å². The second kappa shape index (κ2) is 15.0. The van der Waals surface area contributed by atoms with Crippen LogP contribution in [0.4, 0.5) is 5.69 Å². The summed E-state index contributed by atoms with van der Waals surface area (Å²) >= 11 is 0. The van der Waals surface area contributed by atoms with Gasteiger partial charge in [0.15, 0.2) is 0 Å². The standard InChI is InChI=1S/C28H37N3O5/c32-25(14-6-1-2-7-15-26(33)31-35)30-23-18-16-22(17-19-23)28(21-10-4-3-5-11-21)29-20-27(34)36-24-12-8-9-13-24/h3-5,10-11,16-19,24,28-29,35H,1-2,6-9,12-15,20H2,(H,30,32)(H,31,33). The highest BCUT2D eigenvalue weighted by Gasteiger charge is 2.21. The monoisotopic (exact) mass is 495 g/mol. The van der Waals surface area contributed by atoms with E-state index in [1.54, 1.807) is 5.48 Å². The number of ether oxygens (including phenoxy) is 1. The number of esters is 1. The lowest BCUT2D eigenvalue weighted by molar-refractivity contribution is -0.147. The van der Waals surface area contributed by atoms with Crippen molar-refractivity contribution in [3.63, 3.8) is 0 Å². The summed E-state index contributed by atoms with van der Waals surface area (Å²) in [5.74, 6) is -0.670. The minimum atomic E-state index is -0.384. The summed E-state index contributed by atoms with van der Waals surface area (Å²) in [6, 6.07) is 17.4. The number of anilines is 1. The molecule has 0 aromatic heterocycles. The van der Waals surface area contributed by atoms with Crippen LogP contribution in [0.1, 0.15) is 81.4 Å². The van der Waals surface area contributed by atoms with E-state index >= 15 is 0 Å². The van der Waals surface area contributed by atoms with Gasteiger partial charge >= 0.3 is 5.97 Å². The maximum atomic E-state index is 12.4. The van der Waals surface area contributed by atoms with Crippen LogP contribution in [0.15, 0.2) is 54.6 Å². The highest BCUT2D eigenvalue weighted by Crippen LogP contribution is 2.24. The van der Waals surface area contributed by atoms with Crippen LogP contribution in [0.3, 0.4) is 0 Å². The molecule has 1 atom stereocenters. The Labute approximate surface area is 212 Å². The number of unbranched alkanes of at least 4 members (excludes halogenated alkanes) is 3. The van der Waals surface area contributed by atoms with Gasteiger partial charge in [-0.1, -0.05) is 55.3 Å². The van der Waals surface area contributed by atoms with Crippen molar-refractivity contribution in [1.29, 1.82) is 0 Å². The van der Waals surface area contributed by atoms with E-state index in [2.05, 4.69) is 10.6 Å². The molecule has 2 aromatic rings. The third kappa shape index (κ3) is 9.43. The van der Waals surface area contributed by atoms with Crippen molar-refractivity contribution in [2.45, 2.75) is 76.4 Å². The molecule has 8 heteroatoms. The second-order valence-electron chi connectivity index (χ2n) is 9.24. The fraction of sp³-hybridized carbons (Fsp3) is 0.464. The van der Waals surface area contributed by atoms with Crippen LogP contribution in [0.5, 0.6) is 0 Å². The quantitative estimate of drug-likeness (QED) is 0.131. The number of benzene rings is 2. The molecule has 8 nitrogen and oxygen atoms in total. The summed E-state index contributed by atoms with van der Waals surface area (Å²) in [5.41, 5.74) is 4.36. The van der Waals surface area contributed by atoms with Crippen molar-refractivity contribution in [2.24, 2.45) is 0 Å². The van der Waals surface area contributed by atoms with E-state index in [1.807, 2.05) is 54.6 Å². The van der Waals surface area contributed by atoms with Gasteiger partial charge in [0, 0.05) is 18.5 Å². The molecule has 1 saturated carbocycles. The molecule has 1 fully saturated rings. The first kappa shape index (κ1) is 27.4. The summed E-state index contributed by atoms with van der Waals surface area (Å²) in [7, 11) is 0. The van der Waals surface area contributed by atoms with Gasteiger partial charge in [-0.3, -0.25) is 24.9 Å². The molecule has 0 bridgehead atoms. The predicted molar refractivity (Wildman–Crippen MR) is 137 cm³/mol. The molecular weight excluding hydrogens is 458 g/mol. The molecule has 2 aromatic carbocycles. The van der Waals surface area contributed by atoms with Gasteiger partial charge in [-0.25, -0.2) is 5.48 Å². The van der Waals surface area contributed by atoms with Crippen LogP contribution < -0.4 is 16.1 Å². The van der Waals surface area contributed by atoms with Gasteiger partial charge in [-0.15, -0.1) is 0 Å². The van der Waals surface area contributed by atoms with Crippen LogP contribution in [0.2, 0.25) is 0 Å². The molecule has 3 rings (SSSR count). The molecule has 36 heavy (non-hydrogen) atoms. The molecule has 1 unspecified atom stereocenters. The highest BCUT2D eigenvalue weighted by atomic mass is 16.5. The Morgan fingerprint density at radius 2 is 1.44 bits per heavy atom. The van der Waals surface area contributed by atoms with Crippen LogP contribution in [-0.2, 0) is 19.1 Å². The van der Waals surface area contributed by atoms with E-state index in [-0.39, 0.29) is 42.9 Å². The van der Waals surface area contributed by atoms with E-state index < -0.39 is 0 Å². The largest absolute Gasteiger partial charge is 0.461 e. The average Bonchev–Trinajstić information content (AvgIpc) is 3.40. The summed E-state index contributed by atoms with van der Waals surface area (Å²) in [5, 5.41) is 14.7. The van der Waals surface area contributed by atoms with Crippen molar-refractivity contribution in [1.82, 2.24) is 10.8 Å². The van der Waals surface area contributed by atoms with E-state index in [4.69, 9.17) is 9.94 Å². The summed E-state index contributed by atoms with van der Waals surface area (Å²) in [6.45, 7) is 0.124. The van der Waals surface area contributed by atoms with Gasteiger partial charge in [0.05, 0.1) is 12.6 Å². The van der Waals surface area contributed by atoms with Crippen LogP contribution in [0, 0.1) is 0 Å². The summed E-state index contributed by atoms with van der Waals surface area (Å²) in [4.78, 5) is 35.6. The number of amides is 2. The van der Waals surface area contributed by atoms with Crippen LogP contribution >= 0.6 is 0 Å². The lowest BCUT2D eigenvalue weighted by atomic mass is 9.98. The molecule has 0 aliphatic heterocycles. The van der Waals surface area contributed by atoms with E-state index in [0.29, 0.717) is 12.8 Å². The van der Waals surface area contributed by atoms with Gasteiger partial charge in [-0.05, 0) is 61.8 Å². The second-order valence-corrected chi connectivity index (χ2v) is 9.24. The number of rotatable bonds is 14. The zero-order valence-corrected chi connectivity index (χ0v) is 20.7. The third-order valence-corrected chi connectivity index (χ3v) is 6.39. The molecule has 0 heterocycles. The van der Waals surface area contributed by atoms with Crippen molar-refractivity contribution in [2.75, 3.05) is 11.9 Å². The van der Waals surface area contributed by atoms with E-state index in [9.17, 15) is 14.4 Å². The highest BCUT2D eigenvalue weighted by molar-refractivity contribution is 5.90. The number of nitrogens with one attached hydrogen (secondary N) is 3. The van der Waals surface area contributed by atoms with Crippen molar-refractivity contribution in [3.8, 4) is 0 Å². The number of hydrogen-bond donors (Lipinski definition) is 4. The van der Waals surface area contributed by atoms with Crippen molar-refractivity contribution < 1.29 is 24.3 Å². The number of hydrogen-bond acceptors (Lipinski definition) is 6. The Kier molecular flexibility index (Phi) is 11.4. The molecule has 0 saturated heterocycles. The van der Waals surface area contributed by atoms with Gasteiger partial charge in [0.25, 0.3) is 0 Å². The Hall–Kier alpha value is -3.23. The van der Waals surface area contributed by atoms with E-state index in [1.165, 1.54) is 0 Å². The normalized spacial score (nSPS) is 14.2. The first-order valence-electron chi connectivity index (χ1n) is 12.9. The number of carbonyl (C=O) groups is 3. The molecule has 0 spiro atoms. The topological polar surface area (TPSA) is 117 Å². The smallest absolute Gasteiger partial charge is 0.320 e. The molecule has 0 radical (unpaired) electrons. The zero-order chi connectivity index (χ0) is 25.6. The first-order chi connectivity index (χ1) is 17.5. The molecule has 194 valence electrons. The summed E-state index contributed by atoms with van der Waals surface area (Å²) < 4.78 is 5.59. The predicted octanol–water partition coefficient (Wildman–Crippen LogP) is 4.64. The first-order valence-corrected chi connectivity index (χ1v) is 12.9. The van der Waals surface area contributed by atoms with Gasteiger partial charge < -0.3 is 10.1 Å². The van der Waals surface area contributed by atoms with E-state index in [0.717, 1.165) is 61.8 Å². The Morgan fingerprint density at radius 1 is 0.833 bits per heavy atom. The lowest BCUT2D eigenvalue weighted by Crippen LogP contribution is -2.31. The fourth-order valence-electron chi connectivity index (χ4n) is 4.46. The third-order valence-electron chi connectivity index (χ3n) is 6.39. The zero-order valence-electron chi connectivity index (χ0n) is 20.7. The van der Waals surface area contributed by atoms with Gasteiger partial charge in [-0.2, -0.15) is 0 Å². The van der Waals surface area contributed by atoms with Crippen molar-refractivity contribution in [3.05, 3.63) is 65.7 Å². The number of carbonyl (C=O) groups excluding carboxylic acids is 3. The maximum Gasteiger partial charge on any atom is 0.320 e. The Balaban J connectivity index is 1.49. The lowest BCUT2D eigenvalue weighted by Gasteiger charge is -2.21. The van der Waals surface area contributed by atoms with Gasteiger partial charge in [0.2, 0.25) is 11.8 Å². The Morgan fingerprint density at radius 3 is 2.08 bits per heavy atom. The van der Waals surface area contributed by atoms with Crippen LogP contribution in [0.25, 0.3) is 0 Å². The molecule has 1 aliphatic rings. The summed E-state index contributed by atoms with van der Waals surface area (Å²) in [6.07, 6.45) is 7.97. The number of hydroxylamine groups is 1. The maximum absolute atomic E-state index is 12.4. The average molecular weight is 496 g/mol. The SMILES string of the molecule is O=C(CCCCCCC(=O)Nc1ccc(C(NCC(=O)OC2CCCC2)c2ccccc2)cc1)NO. The molecule has 1 aliphatic carbocycles. The molecular formula is C28H37N3O5. The molecule has 4 N–H and O–H groups in total. The minimum Gasteiger partial charge on any atom is -0.461 e. The fourth-order valence-corrected chi connectivity index (χ4v) is 4.46. The minimum absolute atomic E-state index is 0.0464. The van der Waals surface area contributed by atoms with Gasteiger partial charge in [0.1, 0.15) is 6.10 Å². The van der Waals surface area contributed by atoms with Crippen molar-refractivity contribution >= 4 is 23.5 Å². The molecule has 2 amide bonds. The Bertz CT molecular complexity index is 959.